The number of aromatic hydroxyl groups is 1. The zero-order valence-corrected chi connectivity index (χ0v) is 43.8. The summed E-state index contributed by atoms with van der Waals surface area (Å²) in [6, 6.07) is -8.16. The molecule has 1 rings (SSSR count). The van der Waals surface area contributed by atoms with Gasteiger partial charge in [0.15, 0.2) is 0 Å². The van der Waals surface area contributed by atoms with E-state index in [9.17, 15) is 72.9 Å². The highest BCUT2D eigenvalue weighted by Crippen LogP contribution is 2.14. The van der Waals surface area contributed by atoms with Crippen LogP contribution in [-0.2, 0) is 64.0 Å². The van der Waals surface area contributed by atoms with Crippen LogP contribution in [0.15, 0.2) is 24.3 Å². The van der Waals surface area contributed by atoms with E-state index in [1.165, 1.54) is 52.0 Å². The number of hydrogen-bond donors (Lipinski definition) is 16. The third-order valence-corrected chi connectivity index (χ3v) is 12.0. The Labute approximate surface area is 440 Å². The van der Waals surface area contributed by atoms with Crippen molar-refractivity contribution < 1.29 is 78.0 Å². The van der Waals surface area contributed by atoms with Gasteiger partial charge < -0.3 is 85.5 Å². The molecule has 11 atom stereocenters. The third kappa shape index (κ3) is 24.7. The molecule has 0 aliphatic rings. The van der Waals surface area contributed by atoms with Crippen molar-refractivity contribution in [3.05, 3.63) is 29.8 Å². The zero-order valence-electron chi connectivity index (χ0n) is 43.8. The number of phenolic OH excluding ortho intramolecular Hbond substituents is 1. The molecule has 1 aromatic carbocycles. The Balaban J connectivity index is 3.11. The molecule has 0 fully saturated rings. The van der Waals surface area contributed by atoms with Gasteiger partial charge in [-0.2, -0.15) is 0 Å². The number of carboxylic acid groups (broad SMARTS) is 3. The van der Waals surface area contributed by atoms with Crippen molar-refractivity contribution in [2.45, 2.75) is 173 Å². The number of amides is 9. The van der Waals surface area contributed by atoms with Crippen LogP contribution in [0, 0.1) is 5.92 Å². The van der Waals surface area contributed by atoms with Gasteiger partial charge in [0.25, 0.3) is 0 Å². The number of nitrogens with one attached hydrogen (secondary N) is 9. The Morgan fingerprint density at radius 1 is 0.474 bits per heavy atom. The maximum atomic E-state index is 13.8. The van der Waals surface area contributed by atoms with Gasteiger partial charge in [-0.1, -0.05) is 32.4 Å². The van der Waals surface area contributed by atoms with E-state index < -0.39 is 157 Å². The standard InChI is InChI=1S/C48H78N12O16/c1-7-24(2)38(48(75)76)60-46(73)33(13-9-11-21-50)56-41(68)27(5)53-39(66)25(3)52-40(67)26(4)54-45(72)34(18-19-36(62)63)57-42(69)28(6)55-44(71)32(12-8-10-20-49)58-47(74)35(22-29-14-16-30(61)17-15-29)59-43(70)31(51)23-37(64)65/h14-17,24-28,31-35,38,61H,7-13,18-23,49-51H2,1-6H3,(H,52,67)(H,53,66)(H,54,72)(H,55,71)(H,56,68)(H,57,69)(H,58,74)(H,59,70)(H,60,73)(H,62,63)(H,64,65)(H,75,76)/t24-,25-,26-,27-,28-,31-,32-,33-,34-,35-,38-/m0/s1. The molecule has 0 spiro atoms. The molecule has 76 heavy (non-hydrogen) atoms. The molecule has 0 saturated carbocycles. The summed E-state index contributed by atoms with van der Waals surface area (Å²) in [5, 5.41) is 59.8. The van der Waals surface area contributed by atoms with E-state index in [0.29, 0.717) is 44.2 Å². The Morgan fingerprint density at radius 2 is 0.842 bits per heavy atom. The van der Waals surface area contributed by atoms with Crippen LogP contribution < -0.4 is 65.1 Å². The Kier molecular flexibility index (Phi) is 29.9. The fourth-order valence-electron chi connectivity index (χ4n) is 7.07. The minimum Gasteiger partial charge on any atom is -0.508 e. The summed E-state index contributed by atoms with van der Waals surface area (Å²) in [5.41, 5.74) is 17.4. The Bertz CT molecular complexity index is 2170. The minimum absolute atomic E-state index is 0.0210. The smallest absolute Gasteiger partial charge is 0.326 e. The zero-order chi connectivity index (χ0) is 57.8. The van der Waals surface area contributed by atoms with Crippen molar-refractivity contribution in [3.8, 4) is 5.75 Å². The largest absolute Gasteiger partial charge is 0.508 e. The molecule has 28 nitrogen and oxygen atoms in total. The number of unbranched alkanes of at least 4 members (excludes halogenated alkanes) is 2. The van der Waals surface area contributed by atoms with Crippen LogP contribution in [0.1, 0.15) is 111 Å². The molecule has 0 heterocycles. The van der Waals surface area contributed by atoms with Gasteiger partial charge in [0.05, 0.1) is 12.5 Å². The Hall–Kier alpha value is -7.46. The molecule has 28 heteroatoms. The number of aliphatic carboxylic acids is 3. The van der Waals surface area contributed by atoms with Gasteiger partial charge in [0.2, 0.25) is 53.2 Å². The van der Waals surface area contributed by atoms with Crippen molar-refractivity contribution in [3.63, 3.8) is 0 Å². The van der Waals surface area contributed by atoms with Gasteiger partial charge in [-0.3, -0.25) is 52.7 Å². The van der Waals surface area contributed by atoms with E-state index in [4.69, 9.17) is 22.3 Å². The third-order valence-electron chi connectivity index (χ3n) is 12.0. The van der Waals surface area contributed by atoms with Crippen molar-refractivity contribution >= 4 is 71.1 Å². The fourth-order valence-corrected chi connectivity index (χ4v) is 7.07. The van der Waals surface area contributed by atoms with Gasteiger partial charge >= 0.3 is 17.9 Å². The monoisotopic (exact) mass is 1080 g/mol. The molecule has 19 N–H and O–H groups in total. The number of benzene rings is 1. The molecule has 1 aromatic rings. The van der Waals surface area contributed by atoms with Crippen LogP contribution in [0.3, 0.4) is 0 Å². The minimum atomic E-state index is -1.60. The maximum Gasteiger partial charge on any atom is 0.326 e. The second kappa shape index (κ2) is 34.2. The van der Waals surface area contributed by atoms with Gasteiger partial charge in [0.1, 0.15) is 60.1 Å². The molecule has 0 unspecified atom stereocenters. The van der Waals surface area contributed by atoms with Crippen LogP contribution in [0.4, 0.5) is 0 Å². The number of carbonyl (C=O) groups excluding carboxylic acids is 9. The molecule has 0 aromatic heterocycles. The molecule has 0 bridgehead atoms. The van der Waals surface area contributed by atoms with Gasteiger partial charge in [-0.05, 0) is 109 Å². The predicted octanol–water partition coefficient (Wildman–Crippen LogP) is -3.57. The average Bonchev–Trinajstić information content (AvgIpc) is 3.35. The van der Waals surface area contributed by atoms with Crippen LogP contribution >= 0.6 is 0 Å². The molecule has 426 valence electrons. The van der Waals surface area contributed by atoms with E-state index in [-0.39, 0.29) is 31.6 Å². The molecule has 0 radical (unpaired) electrons. The topological polar surface area (TPSA) is 472 Å². The van der Waals surface area contributed by atoms with Crippen molar-refractivity contribution in [1.29, 1.82) is 0 Å². The first kappa shape index (κ1) is 66.6. The number of carboxylic acids is 3. The maximum absolute atomic E-state index is 13.8. The van der Waals surface area contributed by atoms with Crippen molar-refractivity contribution in [1.82, 2.24) is 47.9 Å². The van der Waals surface area contributed by atoms with Gasteiger partial charge in [0, 0.05) is 12.8 Å². The fraction of sp³-hybridized carbons (Fsp3) is 0.625. The molecular weight excluding hydrogens is 1000 g/mol. The van der Waals surface area contributed by atoms with Crippen LogP contribution in [-0.4, -0.2) is 165 Å². The van der Waals surface area contributed by atoms with E-state index in [1.54, 1.807) is 13.8 Å². The van der Waals surface area contributed by atoms with Crippen LogP contribution in [0.2, 0.25) is 0 Å². The summed E-state index contributed by atoms with van der Waals surface area (Å²) >= 11 is 0. The van der Waals surface area contributed by atoms with E-state index in [0.717, 1.165) is 0 Å². The lowest BCUT2D eigenvalue weighted by molar-refractivity contribution is -0.144. The SMILES string of the molecule is CC[C@H](C)[C@H](NC(=O)[C@H](CCCCN)NC(=O)[C@H](C)NC(=O)[C@H](C)NC(=O)[C@H](C)NC(=O)[C@H](CCC(=O)O)NC(=O)[C@H](C)NC(=O)[C@H](CCCCN)NC(=O)[C@H](Cc1ccc(O)cc1)NC(=O)[C@@H](N)CC(=O)O)C(=O)O. The van der Waals surface area contributed by atoms with E-state index in [1.807, 2.05) is 0 Å². The predicted molar refractivity (Wildman–Crippen MR) is 272 cm³/mol. The number of phenols is 1. The molecule has 0 aliphatic carbocycles. The highest BCUT2D eigenvalue weighted by molar-refractivity contribution is 5.98. The highest BCUT2D eigenvalue weighted by atomic mass is 16.4. The number of carbonyl (C=O) groups is 12. The Morgan fingerprint density at radius 3 is 1.24 bits per heavy atom. The van der Waals surface area contributed by atoms with E-state index in [2.05, 4.69) is 47.9 Å². The second-order valence-corrected chi connectivity index (χ2v) is 18.5. The van der Waals surface area contributed by atoms with Gasteiger partial charge in [-0.15, -0.1) is 0 Å². The number of rotatable bonds is 36. The summed E-state index contributed by atoms with van der Waals surface area (Å²) in [4.78, 5) is 155. The van der Waals surface area contributed by atoms with E-state index >= 15 is 0 Å². The highest BCUT2D eigenvalue weighted by Gasteiger charge is 2.34. The first-order chi connectivity index (χ1) is 35.6. The van der Waals surface area contributed by atoms with Crippen LogP contribution in [0.25, 0.3) is 0 Å². The number of nitrogens with two attached hydrogens (primary N) is 3. The molecule has 0 aliphatic heterocycles. The van der Waals surface area contributed by atoms with Crippen molar-refractivity contribution in [2.24, 2.45) is 23.1 Å². The van der Waals surface area contributed by atoms with Crippen LogP contribution in [0.5, 0.6) is 5.75 Å². The molecule has 9 amide bonds. The summed E-state index contributed by atoms with van der Waals surface area (Å²) in [5.74, 6) is -12.6. The lowest BCUT2D eigenvalue weighted by atomic mass is 9.98. The first-order valence-corrected chi connectivity index (χ1v) is 25.0. The number of hydrogen-bond acceptors (Lipinski definition) is 16. The first-order valence-electron chi connectivity index (χ1n) is 25.0. The lowest BCUT2D eigenvalue weighted by Gasteiger charge is -2.26. The summed E-state index contributed by atoms with van der Waals surface area (Å²) in [6.45, 7) is 8.96. The summed E-state index contributed by atoms with van der Waals surface area (Å²) < 4.78 is 0. The van der Waals surface area contributed by atoms with Gasteiger partial charge in [-0.25, -0.2) is 4.79 Å². The molecule has 0 saturated heterocycles. The quantitative estimate of drug-likeness (QED) is 0.0289. The summed E-state index contributed by atoms with van der Waals surface area (Å²) in [7, 11) is 0. The second-order valence-electron chi connectivity index (χ2n) is 18.5. The summed E-state index contributed by atoms with van der Waals surface area (Å²) in [6.07, 6.45) is 0.0779. The molecular formula is C48H78N12O16. The van der Waals surface area contributed by atoms with Crippen molar-refractivity contribution in [2.75, 3.05) is 13.1 Å². The lowest BCUT2D eigenvalue weighted by Crippen LogP contribution is -2.59. The average molecular weight is 1080 g/mol. The normalized spacial score (nSPS) is 15.3.